The predicted octanol–water partition coefficient (Wildman–Crippen LogP) is 1.67. The van der Waals surface area contributed by atoms with Crippen molar-refractivity contribution in [2.24, 2.45) is 0 Å². The Balaban J connectivity index is 2.64. The number of benzene rings is 1. The molecule has 0 aliphatic rings. The minimum absolute atomic E-state index is 0.308. The molecule has 1 aromatic carbocycles. The Morgan fingerprint density at radius 1 is 1.38 bits per heavy atom. The molecule has 0 atom stereocenters. The van der Waals surface area contributed by atoms with E-state index in [1.807, 2.05) is 0 Å². The number of carbonyl (C=O) groups is 1. The normalized spacial score (nSPS) is 9.92. The molecule has 0 saturated heterocycles. The molecule has 2 N–H and O–H groups in total. The first-order valence-electron chi connectivity index (χ1n) is 3.90. The van der Waals surface area contributed by atoms with Crippen LogP contribution in [0.3, 0.4) is 0 Å². The van der Waals surface area contributed by atoms with Gasteiger partial charge in [-0.15, -0.1) is 0 Å². The van der Waals surface area contributed by atoms with Crippen LogP contribution in [-0.4, -0.2) is 17.6 Å². The molecule has 0 fully saturated rings. The molecule has 0 aliphatic carbocycles. The van der Waals surface area contributed by atoms with Crippen LogP contribution in [0.2, 0.25) is 0 Å². The van der Waals surface area contributed by atoms with Crippen molar-refractivity contribution in [3.8, 4) is 0 Å². The highest BCUT2D eigenvalue weighted by molar-refractivity contribution is 6.13. The van der Waals surface area contributed by atoms with Crippen LogP contribution < -0.4 is 4.84 Å². The van der Waals surface area contributed by atoms with Gasteiger partial charge in [-0.3, -0.25) is 0 Å². The van der Waals surface area contributed by atoms with Gasteiger partial charge in [0.15, 0.2) is 0 Å². The molecule has 0 heterocycles. The largest absolute Gasteiger partial charge is 0.478 e. The molecule has 0 amide bonds. The topological polar surface area (TPSA) is 49.3 Å². The van der Waals surface area contributed by atoms with Crippen molar-refractivity contribution in [3.05, 3.63) is 35.4 Å². The number of rotatable bonds is 4. The van der Waals surface area contributed by atoms with Crippen molar-refractivity contribution < 1.29 is 9.90 Å². The van der Waals surface area contributed by atoms with Crippen LogP contribution in [0.15, 0.2) is 24.3 Å². The van der Waals surface area contributed by atoms with E-state index in [-0.39, 0.29) is 0 Å². The molecule has 3 nitrogen and oxygen atoms in total. The van der Waals surface area contributed by atoms with Crippen molar-refractivity contribution in [2.45, 2.75) is 6.42 Å². The van der Waals surface area contributed by atoms with Gasteiger partial charge in [0, 0.05) is 6.54 Å². The maximum Gasteiger partial charge on any atom is 0.335 e. The van der Waals surface area contributed by atoms with Gasteiger partial charge in [0.25, 0.3) is 0 Å². The van der Waals surface area contributed by atoms with E-state index in [2.05, 4.69) is 4.84 Å². The summed E-state index contributed by atoms with van der Waals surface area (Å²) in [5, 5.41) is 8.62. The van der Waals surface area contributed by atoms with Crippen LogP contribution in [0.4, 0.5) is 0 Å². The molecular weight excluding hydrogens is 190 g/mol. The number of hydrogen-bond donors (Lipinski definition) is 2. The molecule has 13 heavy (non-hydrogen) atoms. The van der Waals surface area contributed by atoms with Crippen molar-refractivity contribution in [1.82, 2.24) is 4.84 Å². The summed E-state index contributed by atoms with van der Waals surface area (Å²) in [6.07, 6.45) is 0.795. The molecule has 0 saturated carbocycles. The summed E-state index contributed by atoms with van der Waals surface area (Å²) in [5.41, 5.74) is 1.38. The third-order valence-electron chi connectivity index (χ3n) is 1.71. The van der Waals surface area contributed by atoms with E-state index in [9.17, 15) is 4.79 Å². The lowest BCUT2D eigenvalue weighted by Gasteiger charge is -1.99. The number of halogens is 1. The van der Waals surface area contributed by atoms with Gasteiger partial charge in [0.2, 0.25) is 0 Å². The summed E-state index contributed by atoms with van der Waals surface area (Å²) >= 11 is 5.29. The number of nitrogens with one attached hydrogen (secondary N) is 1. The zero-order valence-electron chi connectivity index (χ0n) is 6.96. The fraction of sp³-hybridized carbons (Fsp3) is 0.222. The van der Waals surface area contributed by atoms with Crippen molar-refractivity contribution in [2.75, 3.05) is 6.54 Å². The molecule has 0 aromatic heterocycles. The van der Waals surface area contributed by atoms with Gasteiger partial charge in [0.1, 0.15) is 0 Å². The predicted molar refractivity (Wildman–Crippen MR) is 51.0 cm³/mol. The second-order valence-electron chi connectivity index (χ2n) is 2.64. The third-order valence-corrected chi connectivity index (χ3v) is 1.90. The van der Waals surface area contributed by atoms with Gasteiger partial charge < -0.3 is 5.11 Å². The molecule has 4 heteroatoms. The van der Waals surface area contributed by atoms with Gasteiger partial charge in [-0.05, 0) is 35.9 Å². The van der Waals surface area contributed by atoms with Gasteiger partial charge in [0.05, 0.1) is 5.56 Å². The summed E-state index contributed by atoms with van der Waals surface area (Å²) in [7, 11) is 0. The first-order valence-corrected chi connectivity index (χ1v) is 4.27. The van der Waals surface area contributed by atoms with Gasteiger partial charge >= 0.3 is 5.97 Å². The fourth-order valence-electron chi connectivity index (χ4n) is 1.01. The third kappa shape index (κ3) is 3.05. The number of hydrogen-bond acceptors (Lipinski definition) is 2. The van der Waals surface area contributed by atoms with Crippen LogP contribution in [0.1, 0.15) is 15.9 Å². The van der Waals surface area contributed by atoms with E-state index >= 15 is 0 Å². The van der Waals surface area contributed by atoms with E-state index in [1.54, 1.807) is 24.3 Å². The quantitative estimate of drug-likeness (QED) is 0.726. The van der Waals surface area contributed by atoms with Crippen LogP contribution >= 0.6 is 11.8 Å². The monoisotopic (exact) mass is 199 g/mol. The average molecular weight is 200 g/mol. The molecule has 0 bridgehead atoms. The minimum Gasteiger partial charge on any atom is -0.478 e. The highest BCUT2D eigenvalue weighted by Crippen LogP contribution is 2.04. The maximum atomic E-state index is 10.5. The summed E-state index contributed by atoms with van der Waals surface area (Å²) in [5.74, 6) is -0.901. The first-order chi connectivity index (χ1) is 6.24. The maximum absolute atomic E-state index is 10.5. The summed E-state index contributed by atoms with van der Waals surface area (Å²) in [6.45, 7) is 0.675. The summed E-state index contributed by atoms with van der Waals surface area (Å²) in [6, 6.07) is 6.76. The van der Waals surface area contributed by atoms with E-state index in [1.165, 1.54) is 0 Å². The second-order valence-corrected chi connectivity index (χ2v) is 2.90. The lowest BCUT2D eigenvalue weighted by Crippen LogP contribution is -2.04. The van der Waals surface area contributed by atoms with Crippen LogP contribution in [0.25, 0.3) is 0 Å². The molecular formula is C9H10ClNO2. The average Bonchev–Trinajstić information content (AvgIpc) is 2.15. The Hall–Kier alpha value is -1.06. The van der Waals surface area contributed by atoms with E-state index in [4.69, 9.17) is 16.9 Å². The van der Waals surface area contributed by atoms with Crippen molar-refractivity contribution >= 4 is 17.7 Å². The zero-order valence-corrected chi connectivity index (χ0v) is 7.71. The number of aromatic carboxylic acids is 1. The first kappa shape index (κ1) is 10.0. The Labute approximate surface area is 81.4 Å². The molecule has 1 aromatic rings. The SMILES string of the molecule is O=C(O)c1ccc(CCNCl)cc1. The fourth-order valence-corrected chi connectivity index (χ4v) is 1.10. The summed E-state index contributed by atoms with van der Waals surface area (Å²) in [4.78, 5) is 13.0. The van der Waals surface area contributed by atoms with Gasteiger partial charge in [-0.2, -0.15) is 0 Å². The molecule has 0 unspecified atom stereocenters. The highest BCUT2D eigenvalue weighted by atomic mass is 35.5. The number of carboxylic acids is 1. The Kier molecular flexibility index (Phi) is 3.73. The second kappa shape index (κ2) is 4.84. The van der Waals surface area contributed by atoms with Gasteiger partial charge in [-0.25, -0.2) is 9.63 Å². The molecule has 0 spiro atoms. The number of carboxylic acid groups (broad SMARTS) is 1. The Bertz CT molecular complexity index is 284. The molecule has 0 radical (unpaired) electrons. The van der Waals surface area contributed by atoms with E-state index in [0.29, 0.717) is 12.1 Å². The van der Waals surface area contributed by atoms with Crippen LogP contribution in [-0.2, 0) is 6.42 Å². The molecule has 0 aliphatic heterocycles. The lowest BCUT2D eigenvalue weighted by molar-refractivity contribution is 0.0697. The minimum atomic E-state index is -0.901. The van der Waals surface area contributed by atoms with Crippen molar-refractivity contribution in [1.29, 1.82) is 0 Å². The van der Waals surface area contributed by atoms with Crippen LogP contribution in [0, 0.1) is 0 Å². The summed E-state index contributed by atoms with van der Waals surface area (Å²) < 4.78 is 0. The Morgan fingerprint density at radius 3 is 2.46 bits per heavy atom. The standard InChI is InChI=1S/C9H10ClNO2/c10-11-6-5-7-1-3-8(4-2-7)9(12)13/h1-4,11H,5-6H2,(H,12,13). The van der Waals surface area contributed by atoms with Gasteiger partial charge in [-0.1, -0.05) is 12.1 Å². The van der Waals surface area contributed by atoms with Crippen molar-refractivity contribution in [3.63, 3.8) is 0 Å². The Morgan fingerprint density at radius 2 is 2.00 bits per heavy atom. The lowest BCUT2D eigenvalue weighted by atomic mass is 10.1. The van der Waals surface area contributed by atoms with E-state index in [0.717, 1.165) is 12.0 Å². The highest BCUT2D eigenvalue weighted by Gasteiger charge is 2.00. The molecule has 70 valence electrons. The van der Waals surface area contributed by atoms with Crippen LogP contribution in [0.5, 0.6) is 0 Å². The smallest absolute Gasteiger partial charge is 0.335 e. The van der Waals surface area contributed by atoms with E-state index < -0.39 is 5.97 Å². The molecule has 1 rings (SSSR count). The zero-order chi connectivity index (χ0) is 9.68.